The van der Waals surface area contributed by atoms with E-state index in [0.29, 0.717) is 54.9 Å². The molecule has 1 fully saturated rings. The van der Waals surface area contributed by atoms with E-state index in [1.807, 2.05) is 4.90 Å². The Morgan fingerprint density at radius 3 is 2.18 bits per heavy atom. The summed E-state index contributed by atoms with van der Waals surface area (Å²) in [4.78, 5) is 34.3. The maximum Gasteiger partial charge on any atom is 0.335 e. The van der Waals surface area contributed by atoms with Crippen LogP contribution in [0.1, 0.15) is 42.8 Å². The number of aliphatic hydroxyl groups excluding tert-OH is 2. The molecule has 38 heavy (non-hydrogen) atoms. The number of carbonyl (C=O) groups is 3. The fourth-order valence-electron chi connectivity index (χ4n) is 3.92. The van der Waals surface area contributed by atoms with Crippen molar-refractivity contribution in [2.24, 2.45) is 0 Å². The van der Waals surface area contributed by atoms with Crippen molar-refractivity contribution in [2.45, 2.75) is 57.1 Å². The van der Waals surface area contributed by atoms with Gasteiger partial charge in [0.25, 0.3) is 5.91 Å². The molecule has 2 heterocycles. The number of halogens is 2. The van der Waals surface area contributed by atoms with E-state index in [2.05, 4.69) is 5.32 Å². The van der Waals surface area contributed by atoms with Gasteiger partial charge in [0, 0.05) is 25.0 Å². The van der Waals surface area contributed by atoms with Gasteiger partial charge in [-0.1, -0.05) is 11.6 Å². The molecule has 0 radical (unpaired) electrons. The third-order valence-electron chi connectivity index (χ3n) is 5.90. The lowest BCUT2D eigenvalue weighted by Gasteiger charge is -2.38. The number of nitrogens with two attached hydrogens (primary N) is 1. The Morgan fingerprint density at radius 1 is 1.18 bits per heavy atom. The number of furan rings is 1. The highest BCUT2D eigenvalue weighted by molar-refractivity contribution is 6.35. The third-order valence-corrected chi connectivity index (χ3v) is 6.21. The number of aliphatic carboxylic acids is 2. The number of nitrogen functional groups attached to an aromatic ring is 1. The van der Waals surface area contributed by atoms with Crippen LogP contribution in [-0.4, -0.2) is 97.9 Å². The van der Waals surface area contributed by atoms with Crippen molar-refractivity contribution in [3.05, 3.63) is 28.5 Å². The minimum absolute atomic E-state index is 0.0919. The summed E-state index contributed by atoms with van der Waals surface area (Å²) in [5.74, 6) is -3.37. The zero-order chi connectivity index (χ0) is 29.0. The molecule has 12 nitrogen and oxygen atoms in total. The van der Waals surface area contributed by atoms with Crippen LogP contribution in [0.5, 0.6) is 0 Å². The highest BCUT2D eigenvalue weighted by Crippen LogP contribution is 2.34. The van der Waals surface area contributed by atoms with E-state index in [-0.39, 0.29) is 17.1 Å². The van der Waals surface area contributed by atoms with Crippen LogP contribution in [0.3, 0.4) is 0 Å². The van der Waals surface area contributed by atoms with Crippen molar-refractivity contribution in [3.63, 3.8) is 0 Å². The van der Waals surface area contributed by atoms with Gasteiger partial charge in [0.2, 0.25) is 0 Å². The van der Waals surface area contributed by atoms with Crippen LogP contribution >= 0.6 is 11.6 Å². The fraction of sp³-hybridized carbons (Fsp3) is 0.542. The Labute approximate surface area is 222 Å². The van der Waals surface area contributed by atoms with Gasteiger partial charge in [0.15, 0.2) is 12.2 Å². The topological polar surface area (TPSA) is 207 Å². The number of amides is 1. The number of carboxylic acids is 2. The molecule has 1 aromatic heterocycles. The number of fused-ring (bicyclic) bond motifs is 1. The lowest BCUT2D eigenvalue weighted by molar-refractivity contribution is -0.165. The van der Waals surface area contributed by atoms with Gasteiger partial charge in [-0.3, -0.25) is 4.79 Å². The molecule has 2 atom stereocenters. The van der Waals surface area contributed by atoms with Crippen molar-refractivity contribution < 1.29 is 48.7 Å². The Hall–Kier alpha value is -2.97. The highest BCUT2D eigenvalue weighted by atomic mass is 35.5. The van der Waals surface area contributed by atoms with Gasteiger partial charge in [0.1, 0.15) is 17.0 Å². The molecule has 1 amide bonds. The number of carbonyl (C=O) groups excluding carboxylic acids is 1. The summed E-state index contributed by atoms with van der Waals surface area (Å²) in [6.07, 6.45) is -3.95. The Bertz CT molecular complexity index is 1160. The van der Waals surface area contributed by atoms with E-state index in [1.165, 1.54) is 6.07 Å². The molecule has 1 aliphatic rings. The number of alkyl halides is 1. The number of rotatable bonds is 8. The number of benzene rings is 1. The number of carboxylic acid groups (broad SMARTS) is 2. The van der Waals surface area contributed by atoms with Gasteiger partial charge in [0.05, 0.1) is 28.4 Å². The largest absolute Gasteiger partial charge is 0.479 e. The minimum atomic E-state index is -2.27. The summed E-state index contributed by atoms with van der Waals surface area (Å²) in [5, 5.41) is 45.9. The second-order valence-corrected chi connectivity index (χ2v) is 10.3. The Kier molecular flexibility index (Phi) is 10.1. The van der Waals surface area contributed by atoms with Gasteiger partial charge in [-0.15, -0.1) is 0 Å². The number of nitrogens with one attached hydrogen (secondary N) is 1. The molecule has 1 aliphatic heterocycles. The Balaban J connectivity index is 0.000000432. The summed E-state index contributed by atoms with van der Waals surface area (Å²) >= 11 is 6.14. The molecule has 3 rings (SSSR count). The van der Waals surface area contributed by atoms with Gasteiger partial charge >= 0.3 is 11.9 Å². The average Bonchev–Trinajstić information content (AvgIpc) is 3.21. The smallest absolute Gasteiger partial charge is 0.335 e. The maximum absolute atomic E-state index is 15.1. The van der Waals surface area contributed by atoms with Crippen molar-refractivity contribution in [1.29, 1.82) is 0 Å². The SMILES string of the molecule is Cc1cc2c(N)c(Cl)cc(C(=O)NCC3(F)CCN(CC(C)(C)O)CC3)c2o1.O=C(O)C(O)C(O)C(=O)O. The number of nitrogens with zero attached hydrogens (tertiary/aromatic N) is 1. The third kappa shape index (κ3) is 8.27. The predicted octanol–water partition coefficient (Wildman–Crippen LogP) is 1.16. The molecule has 0 spiro atoms. The van der Waals surface area contributed by atoms with Gasteiger partial charge < -0.3 is 45.9 Å². The maximum atomic E-state index is 15.1. The molecule has 8 N–H and O–H groups in total. The quantitative estimate of drug-likeness (QED) is 0.227. The Morgan fingerprint density at radius 2 is 1.71 bits per heavy atom. The molecule has 1 saturated heterocycles. The first-order valence-corrected chi connectivity index (χ1v) is 12.0. The highest BCUT2D eigenvalue weighted by Gasteiger charge is 2.36. The monoisotopic (exact) mass is 561 g/mol. The normalized spacial score (nSPS) is 17.3. The lowest BCUT2D eigenvalue weighted by atomic mass is 9.92. The van der Waals surface area contributed by atoms with E-state index < -0.39 is 41.3 Å². The first kappa shape index (κ1) is 31.2. The number of piperidine rings is 1. The van der Waals surface area contributed by atoms with Crippen LogP contribution in [-0.2, 0) is 9.59 Å². The summed E-state index contributed by atoms with van der Waals surface area (Å²) in [7, 11) is 0. The number of aryl methyl sites for hydroxylation is 1. The number of aliphatic hydroxyl groups is 3. The van der Waals surface area contributed by atoms with E-state index in [4.69, 9.17) is 42.2 Å². The van der Waals surface area contributed by atoms with E-state index >= 15 is 4.39 Å². The zero-order valence-electron chi connectivity index (χ0n) is 21.2. The number of likely N-dealkylation sites (tertiary alicyclic amines) is 1. The molecule has 1 aromatic carbocycles. The zero-order valence-corrected chi connectivity index (χ0v) is 22.0. The van der Waals surface area contributed by atoms with Crippen molar-refractivity contribution >= 4 is 46.1 Å². The van der Waals surface area contributed by atoms with Crippen molar-refractivity contribution in [2.75, 3.05) is 31.9 Å². The van der Waals surface area contributed by atoms with Crippen LogP contribution in [0.4, 0.5) is 10.1 Å². The van der Waals surface area contributed by atoms with E-state index in [9.17, 15) is 19.5 Å². The van der Waals surface area contributed by atoms with Crippen molar-refractivity contribution in [3.8, 4) is 0 Å². The van der Waals surface area contributed by atoms with Crippen LogP contribution in [0.25, 0.3) is 11.0 Å². The molecule has 0 saturated carbocycles. The van der Waals surface area contributed by atoms with E-state index in [0.717, 1.165) is 0 Å². The van der Waals surface area contributed by atoms with Gasteiger partial charge in [-0.2, -0.15) is 0 Å². The second-order valence-electron chi connectivity index (χ2n) is 9.91. The van der Waals surface area contributed by atoms with Crippen LogP contribution in [0.2, 0.25) is 5.02 Å². The summed E-state index contributed by atoms with van der Waals surface area (Å²) in [6.45, 7) is 6.70. The predicted molar refractivity (Wildman–Crippen MR) is 136 cm³/mol. The molecule has 0 aliphatic carbocycles. The first-order chi connectivity index (χ1) is 17.4. The van der Waals surface area contributed by atoms with Crippen LogP contribution < -0.4 is 11.1 Å². The molecular formula is C24H33ClFN3O9. The average molecular weight is 562 g/mol. The van der Waals surface area contributed by atoms with Gasteiger partial charge in [-0.05, 0) is 45.7 Å². The molecule has 212 valence electrons. The molecular weight excluding hydrogens is 529 g/mol. The second kappa shape index (κ2) is 12.3. The summed E-state index contributed by atoms with van der Waals surface area (Å²) in [6, 6.07) is 3.18. The number of anilines is 1. The lowest BCUT2D eigenvalue weighted by Crippen LogP contribution is -2.50. The molecule has 2 aromatic rings. The number of β-amino-alcohol motifs (C(OH)–C–C–N with tert-alkyl or cyclic N) is 1. The number of hydrogen-bond acceptors (Lipinski definition) is 9. The summed E-state index contributed by atoms with van der Waals surface area (Å²) < 4.78 is 20.8. The number of hydrogen-bond donors (Lipinski definition) is 7. The summed E-state index contributed by atoms with van der Waals surface area (Å²) in [5.41, 5.74) is 4.61. The van der Waals surface area contributed by atoms with E-state index in [1.54, 1.807) is 26.8 Å². The van der Waals surface area contributed by atoms with Crippen LogP contribution in [0, 0.1) is 6.92 Å². The standard InChI is InChI=1S/C20H27ClFN3O3.C4H6O6/c1-12-8-13-16(23)15(21)9-14(17(13)28-12)18(26)24-10-20(22)4-6-25(7-5-20)11-19(2,3)27;5-1(3(7)8)2(6)4(9)10/h8-9,27H,4-7,10-11,23H2,1-3H3,(H,24,26);1-2,5-6H,(H,7,8)(H,9,10). The molecule has 14 heteroatoms. The van der Waals surface area contributed by atoms with Crippen LogP contribution in [0.15, 0.2) is 16.5 Å². The molecule has 2 unspecified atom stereocenters. The molecule has 0 bridgehead atoms. The minimum Gasteiger partial charge on any atom is -0.479 e. The van der Waals surface area contributed by atoms with Gasteiger partial charge in [-0.25, -0.2) is 14.0 Å². The first-order valence-electron chi connectivity index (χ1n) is 11.7. The van der Waals surface area contributed by atoms with Crippen molar-refractivity contribution in [1.82, 2.24) is 10.2 Å². The fourth-order valence-corrected chi connectivity index (χ4v) is 4.13.